The smallest absolute Gasteiger partial charge is 0.328 e. The van der Waals surface area contributed by atoms with Crippen LogP contribution >= 0.6 is 0 Å². The fourth-order valence-electron chi connectivity index (χ4n) is 2.37. The number of aromatic nitrogens is 2. The van der Waals surface area contributed by atoms with Crippen LogP contribution in [0.4, 0.5) is 0 Å². The lowest BCUT2D eigenvalue weighted by Crippen LogP contribution is -1.95. The Morgan fingerprint density at radius 3 is 2.38 bits per heavy atom. The summed E-state index contributed by atoms with van der Waals surface area (Å²) in [6, 6.07) is 10.5. The summed E-state index contributed by atoms with van der Waals surface area (Å²) in [7, 11) is 3.11. The van der Waals surface area contributed by atoms with Crippen LogP contribution in [0.1, 0.15) is 5.56 Å². The number of aliphatic carboxylic acids is 1. The number of carbonyl (C=O) groups is 1. The molecular formula is C19H16N2O5. The van der Waals surface area contributed by atoms with Gasteiger partial charge in [0.25, 0.3) is 0 Å². The van der Waals surface area contributed by atoms with Crippen LogP contribution in [0.3, 0.4) is 0 Å². The maximum atomic E-state index is 10.6. The first-order valence-electron chi connectivity index (χ1n) is 7.66. The van der Waals surface area contributed by atoms with Crippen molar-refractivity contribution in [2.45, 2.75) is 0 Å². The molecule has 0 aliphatic carbocycles. The van der Waals surface area contributed by atoms with Crippen LogP contribution in [0, 0.1) is 0 Å². The van der Waals surface area contributed by atoms with Crippen molar-refractivity contribution in [2.24, 2.45) is 0 Å². The topological polar surface area (TPSA) is 90.8 Å². The Balaban J connectivity index is 1.92. The van der Waals surface area contributed by atoms with Crippen LogP contribution < -0.4 is 14.2 Å². The normalized spacial score (nSPS) is 10.8. The average molecular weight is 352 g/mol. The third-order valence-electron chi connectivity index (χ3n) is 3.62. The van der Waals surface area contributed by atoms with Gasteiger partial charge in [-0.2, -0.15) is 0 Å². The number of carboxylic acid groups (broad SMARTS) is 1. The van der Waals surface area contributed by atoms with Gasteiger partial charge in [0.1, 0.15) is 12.1 Å². The third-order valence-corrected chi connectivity index (χ3v) is 3.62. The number of carboxylic acids is 1. The molecule has 1 heterocycles. The predicted octanol–water partition coefficient (Wildman–Crippen LogP) is 3.54. The van der Waals surface area contributed by atoms with E-state index in [-0.39, 0.29) is 0 Å². The molecular weight excluding hydrogens is 336 g/mol. The minimum Gasteiger partial charge on any atom is -0.493 e. The Morgan fingerprint density at radius 2 is 1.73 bits per heavy atom. The molecule has 0 bridgehead atoms. The molecule has 0 saturated carbocycles. The van der Waals surface area contributed by atoms with E-state index >= 15 is 0 Å². The first kappa shape index (κ1) is 17.2. The van der Waals surface area contributed by atoms with Gasteiger partial charge in [0.15, 0.2) is 11.5 Å². The van der Waals surface area contributed by atoms with Gasteiger partial charge in [-0.3, -0.25) is 0 Å². The molecule has 26 heavy (non-hydrogen) atoms. The number of hydrogen-bond donors (Lipinski definition) is 1. The van der Waals surface area contributed by atoms with Gasteiger partial charge in [-0.1, -0.05) is 12.1 Å². The zero-order valence-corrected chi connectivity index (χ0v) is 14.2. The average Bonchev–Trinajstić information content (AvgIpc) is 2.66. The summed E-state index contributed by atoms with van der Waals surface area (Å²) in [5, 5.41) is 9.34. The molecule has 0 unspecified atom stereocenters. The predicted molar refractivity (Wildman–Crippen MR) is 95.8 cm³/mol. The number of hydrogen-bond acceptors (Lipinski definition) is 6. The highest BCUT2D eigenvalue weighted by Gasteiger charge is 2.12. The van der Waals surface area contributed by atoms with E-state index in [1.165, 1.54) is 12.4 Å². The summed E-state index contributed by atoms with van der Waals surface area (Å²) in [6.07, 6.45) is 3.99. The molecule has 0 saturated heterocycles. The van der Waals surface area contributed by atoms with Gasteiger partial charge in [0.2, 0.25) is 5.88 Å². The van der Waals surface area contributed by atoms with Gasteiger partial charge in [-0.25, -0.2) is 14.8 Å². The van der Waals surface area contributed by atoms with Crippen LogP contribution in [0.5, 0.6) is 23.1 Å². The van der Waals surface area contributed by atoms with Crippen molar-refractivity contribution >= 4 is 22.9 Å². The molecule has 0 spiro atoms. The Kier molecular flexibility index (Phi) is 4.98. The minimum atomic E-state index is -0.998. The van der Waals surface area contributed by atoms with E-state index in [9.17, 15) is 4.79 Å². The number of benzene rings is 2. The SMILES string of the molecule is COc1cc2ncnc(Oc3ccc(C=CC(=O)O)cc3)c2cc1OC. The molecule has 0 amide bonds. The number of fused-ring (bicyclic) bond motifs is 1. The second kappa shape index (κ2) is 7.52. The summed E-state index contributed by atoms with van der Waals surface area (Å²) in [5.74, 6) is 1.06. The second-order valence-corrected chi connectivity index (χ2v) is 5.25. The maximum Gasteiger partial charge on any atom is 0.328 e. The van der Waals surface area contributed by atoms with Crippen LogP contribution in [-0.4, -0.2) is 35.3 Å². The Hall–Kier alpha value is -3.61. The van der Waals surface area contributed by atoms with Gasteiger partial charge < -0.3 is 19.3 Å². The molecule has 1 aromatic heterocycles. The molecule has 0 atom stereocenters. The lowest BCUT2D eigenvalue weighted by Gasteiger charge is -2.11. The third kappa shape index (κ3) is 3.72. The van der Waals surface area contributed by atoms with Gasteiger partial charge in [-0.15, -0.1) is 0 Å². The summed E-state index contributed by atoms with van der Waals surface area (Å²) in [5.41, 5.74) is 1.41. The molecule has 0 aliphatic heterocycles. The molecule has 3 rings (SSSR count). The van der Waals surface area contributed by atoms with Crippen molar-refractivity contribution in [3.05, 3.63) is 54.4 Å². The highest BCUT2D eigenvalue weighted by molar-refractivity contribution is 5.87. The van der Waals surface area contributed by atoms with E-state index in [2.05, 4.69) is 9.97 Å². The molecule has 0 fully saturated rings. The van der Waals surface area contributed by atoms with E-state index < -0.39 is 5.97 Å². The molecule has 0 radical (unpaired) electrons. The van der Waals surface area contributed by atoms with Gasteiger partial charge in [0, 0.05) is 12.1 Å². The van der Waals surface area contributed by atoms with Crippen LogP contribution in [-0.2, 0) is 4.79 Å². The highest BCUT2D eigenvalue weighted by atomic mass is 16.5. The quantitative estimate of drug-likeness (QED) is 0.679. The Bertz CT molecular complexity index is 968. The lowest BCUT2D eigenvalue weighted by atomic mass is 10.2. The Morgan fingerprint density at radius 1 is 1.04 bits per heavy atom. The van der Waals surface area contributed by atoms with Gasteiger partial charge in [0.05, 0.1) is 25.1 Å². The molecule has 3 aromatic rings. The van der Waals surface area contributed by atoms with Gasteiger partial charge >= 0.3 is 5.97 Å². The van der Waals surface area contributed by atoms with Gasteiger partial charge in [-0.05, 0) is 29.8 Å². The monoisotopic (exact) mass is 352 g/mol. The fraction of sp³-hybridized carbons (Fsp3) is 0.105. The Labute approximate surface area is 149 Å². The van der Waals surface area contributed by atoms with Crippen molar-refractivity contribution < 1.29 is 24.1 Å². The van der Waals surface area contributed by atoms with Crippen LogP contribution in [0.25, 0.3) is 17.0 Å². The zero-order valence-electron chi connectivity index (χ0n) is 14.2. The summed E-state index contributed by atoms with van der Waals surface area (Å²) >= 11 is 0. The molecule has 132 valence electrons. The van der Waals surface area contributed by atoms with E-state index in [1.54, 1.807) is 50.6 Å². The maximum absolute atomic E-state index is 10.6. The van der Waals surface area contributed by atoms with E-state index in [1.807, 2.05) is 0 Å². The van der Waals surface area contributed by atoms with E-state index in [0.717, 1.165) is 11.6 Å². The van der Waals surface area contributed by atoms with Crippen LogP contribution in [0.15, 0.2) is 48.8 Å². The molecule has 2 aromatic carbocycles. The zero-order chi connectivity index (χ0) is 18.5. The standard InChI is InChI=1S/C19H16N2O5/c1-24-16-9-14-15(10-17(16)25-2)20-11-21-19(14)26-13-6-3-12(4-7-13)5-8-18(22)23/h3-11H,1-2H3,(H,22,23). The largest absolute Gasteiger partial charge is 0.493 e. The second-order valence-electron chi connectivity index (χ2n) is 5.25. The molecule has 7 nitrogen and oxygen atoms in total. The molecule has 7 heteroatoms. The number of nitrogens with zero attached hydrogens (tertiary/aromatic N) is 2. The fourth-order valence-corrected chi connectivity index (χ4v) is 2.37. The summed E-state index contributed by atoms with van der Waals surface area (Å²) < 4.78 is 16.5. The summed E-state index contributed by atoms with van der Waals surface area (Å²) in [6.45, 7) is 0. The molecule has 1 N–H and O–H groups in total. The first-order chi connectivity index (χ1) is 12.6. The minimum absolute atomic E-state index is 0.379. The van der Waals surface area contributed by atoms with Crippen LogP contribution in [0.2, 0.25) is 0 Å². The van der Waals surface area contributed by atoms with E-state index in [4.69, 9.17) is 19.3 Å². The first-order valence-corrected chi connectivity index (χ1v) is 7.66. The number of methoxy groups -OCH3 is 2. The highest BCUT2D eigenvalue weighted by Crippen LogP contribution is 2.35. The number of ether oxygens (including phenoxy) is 3. The van der Waals surface area contributed by atoms with Crippen molar-refractivity contribution in [1.29, 1.82) is 0 Å². The molecule has 0 aliphatic rings. The summed E-state index contributed by atoms with van der Waals surface area (Å²) in [4.78, 5) is 19.0. The van der Waals surface area contributed by atoms with Crippen molar-refractivity contribution in [1.82, 2.24) is 9.97 Å². The van der Waals surface area contributed by atoms with Crippen molar-refractivity contribution in [3.8, 4) is 23.1 Å². The number of rotatable bonds is 6. The lowest BCUT2D eigenvalue weighted by molar-refractivity contribution is -0.131. The van der Waals surface area contributed by atoms with E-state index in [0.29, 0.717) is 34.0 Å². The van der Waals surface area contributed by atoms with Crippen molar-refractivity contribution in [2.75, 3.05) is 14.2 Å². The van der Waals surface area contributed by atoms with Crippen molar-refractivity contribution in [3.63, 3.8) is 0 Å².